The van der Waals surface area contributed by atoms with Crippen molar-refractivity contribution in [3.05, 3.63) is 82.7 Å². The molecule has 54 heavy (non-hydrogen) atoms. The van der Waals surface area contributed by atoms with Crippen molar-refractivity contribution in [2.75, 3.05) is 25.5 Å². The zero-order chi connectivity index (χ0) is 39.3. The van der Waals surface area contributed by atoms with E-state index < -0.39 is 35.6 Å². The monoisotopic (exact) mass is 738 g/mol. The highest BCUT2D eigenvalue weighted by Gasteiger charge is 2.37. The van der Waals surface area contributed by atoms with E-state index in [1.807, 2.05) is 20.8 Å². The maximum Gasteiger partial charge on any atom is 0.289 e. The summed E-state index contributed by atoms with van der Waals surface area (Å²) in [6.45, 7) is 7.40. The van der Waals surface area contributed by atoms with Crippen LogP contribution in [0.15, 0.2) is 54.6 Å². The zero-order valence-corrected chi connectivity index (χ0v) is 30.5. The summed E-state index contributed by atoms with van der Waals surface area (Å²) in [5.74, 6) is -2.90. The second-order valence-electron chi connectivity index (χ2n) is 13.1. The van der Waals surface area contributed by atoms with Crippen LogP contribution >= 0.6 is 0 Å². The van der Waals surface area contributed by atoms with E-state index in [4.69, 9.17) is 0 Å². The summed E-state index contributed by atoms with van der Waals surface area (Å²) in [5.41, 5.74) is 2.62. The Hall–Kier alpha value is -6.58. The number of hydrogen-bond donors (Lipinski definition) is 5. The lowest BCUT2D eigenvalue weighted by molar-refractivity contribution is -0.129. The highest BCUT2D eigenvalue weighted by atomic mass is 16.3. The molecule has 282 valence electrons. The molecule has 1 aliphatic rings. The third-order valence-electron chi connectivity index (χ3n) is 9.02. The molecule has 1 aliphatic heterocycles. The Morgan fingerprint density at radius 1 is 0.981 bits per heavy atom. The lowest BCUT2D eigenvalue weighted by Crippen LogP contribution is -2.46. The van der Waals surface area contributed by atoms with Gasteiger partial charge in [-0.15, -0.1) is 10.2 Å². The van der Waals surface area contributed by atoms with Crippen molar-refractivity contribution in [3.8, 4) is 28.6 Å². The van der Waals surface area contributed by atoms with E-state index in [0.717, 1.165) is 0 Å². The fourth-order valence-electron chi connectivity index (χ4n) is 6.36. The first-order valence-electron chi connectivity index (χ1n) is 17.4. The molecule has 1 aromatic heterocycles. The third kappa shape index (κ3) is 7.77. The number of imide groups is 1. The second-order valence-corrected chi connectivity index (χ2v) is 13.1. The van der Waals surface area contributed by atoms with Crippen LogP contribution in [-0.4, -0.2) is 96.9 Å². The van der Waals surface area contributed by atoms with Crippen LogP contribution in [0.5, 0.6) is 11.5 Å². The van der Waals surface area contributed by atoms with Gasteiger partial charge in [0.25, 0.3) is 17.7 Å². The van der Waals surface area contributed by atoms with Gasteiger partial charge in [-0.3, -0.25) is 38.7 Å². The van der Waals surface area contributed by atoms with Gasteiger partial charge in [-0.25, -0.2) is 0 Å². The number of aromatic nitrogens is 3. The van der Waals surface area contributed by atoms with Crippen LogP contribution in [-0.2, 0) is 20.9 Å². The van der Waals surface area contributed by atoms with Gasteiger partial charge in [0.2, 0.25) is 24.0 Å². The maximum atomic E-state index is 13.5. The number of rotatable bonds is 14. The van der Waals surface area contributed by atoms with E-state index in [0.29, 0.717) is 47.5 Å². The number of anilines is 1. The second kappa shape index (κ2) is 16.4. The number of amides is 6. The van der Waals surface area contributed by atoms with Crippen molar-refractivity contribution >= 4 is 41.6 Å². The fourth-order valence-corrected chi connectivity index (χ4v) is 6.36. The molecule has 0 spiro atoms. The number of nitrogens with zero attached hydrogens (tertiary/aromatic N) is 5. The Bertz CT molecular complexity index is 2110. The van der Waals surface area contributed by atoms with E-state index in [2.05, 4.69) is 26.1 Å². The number of nitrogens with one attached hydrogen (secondary N) is 3. The number of hydrogen-bond acceptors (Lipinski definition) is 10. The molecule has 0 radical (unpaired) electrons. The quantitative estimate of drug-likeness (QED) is 0.119. The van der Waals surface area contributed by atoms with Gasteiger partial charge in [0, 0.05) is 54.3 Å². The van der Waals surface area contributed by atoms with Crippen LogP contribution in [0.1, 0.15) is 88.9 Å². The summed E-state index contributed by atoms with van der Waals surface area (Å²) < 4.78 is 1.44. The molecular weight excluding hydrogens is 696 g/mol. The topological polar surface area (TPSA) is 216 Å². The first-order chi connectivity index (χ1) is 25.8. The van der Waals surface area contributed by atoms with Crippen molar-refractivity contribution in [3.63, 3.8) is 0 Å². The van der Waals surface area contributed by atoms with Gasteiger partial charge >= 0.3 is 0 Å². The third-order valence-corrected chi connectivity index (χ3v) is 9.02. The van der Waals surface area contributed by atoms with Crippen molar-refractivity contribution < 1.29 is 39.0 Å². The fraction of sp³-hybridized carbons (Fsp3) is 0.316. The minimum atomic E-state index is -0.867. The summed E-state index contributed by atoms with van der Waals surface area (Å²) >= 11 is 0. The molecule has 5 N–H and O–H groups in total. The standard InChI is InChI=1S/C38H42N8O8/c1-6-9-29(35(51)40-20-47)45-18-27-24(38(45)54)10-8-11-28(27)41-32(50)19-44(5)37(53)22-12-14-23(15-13-22)46-33(42-43-34(46)36(52)39-7-2)26-16-25(21(3)4)30(48)17-31(26)49/h8,10-17,20-21,29,48-49H,6-7,9,18-19H2,1-5H3,(H,39,52)(H,41,50)(H,40,47,51). The number of benzene rings is 3. The summed E-state index contributed by atoms with van der Waals surface area (Å²) in [6.07, 6.45) is 1.21. The first kappa shape index (κ1) is 38.6. The van der Waals surface area contributed by atoms with E-state index in [1.165, 1.54) is 39.6 Å². The van der Waals surface area contributed by atoms with Gasteiger partial charge < -0.3 is 30.6 Å². The predicted molar refractivity (Wildman–Crippen MR) is 197 cm³/mol. The van der Waals surface area contributed by atoms with E-state index in [-0.39, 0.29) is 59.7 Å². The number of carbonyl (C=O) groups is 6. The van der Waals surface area contributed by atoms with Crippen LogP contribution in [0.3, 0.4) is 0 Å². The summed E-state index contributed by atoms with van der Waals surface area (Å²) in [4.78, 5) is 79.0. The van der Waals surface area contributed by atoms with Gasteiger partial charge in [-0.1, -0.05) is 33.3 Å². The molecular formula is C38H42N8O8. The molecule has 16 heteroatoms. The van der Waals surface area contributed by atoms with E-state index in [1.54, 1.807) is 43.3 Å². The Morgan fingerprint density at radius 2 is 1.70 bits per heavy atom. The summed E-state index contributed by atoms with van der Waals surface area (Å²) in [7, 11) is 1.46. The molecule has 5 rings (SSSR count). The number of fused-ring (bicyclic) bond motifs is 1. The molecule has 0 aliphatic carbocycles. The molecule has 6 amide bonds. The Labute approximate surface area is 311 Å². The van der Waals surface area contributed by atoms with Crippen LogP contribution in [0, 0.1) is 0 Å². The molecule has 0 saturated heterocycles. The minimum absolute atomic E-state index is 0.0455. The highest BCUT2D eigenvalue weighted by Crippen LogP contribution is 2.38. The Balaban J connectivity index is 1.34. The predicted octanol–water partition coefficient (Wildman–Crippen LogP) is 3.33. The number of likely N-dealkylation sites (N-methyl/N-ethyl adjacent to an activating group) is 1. The maximum absolute atomic E-state index is 13.5. The Kier molecular flexibility index (Phi) is 11.7. The van der Waals surface area contributed by atoms with Crippen molar-refractivity contribution in [2.24, 2.45) is 0 Å². The van der Waals surface area contributed by atoms with Crippen molar-refractivity contribution in [2.45, 2.75) is 59.0 Å². The molecule has 2 heterocycles. The number of phenolic OH excluding ortho intramolecular Hbond substituents is 2. The molecule has 16 nitrogen and oxygen atoms in total. The number of aromatic hydroxyl groups is 2. The van der Waals surface area contributed by atoms with Gasteiger partial charge in [0.1, 0.15) is 17.5 Å². The van der Waals surface area contributed by atoms with Crippen LogP contribution in [0.25, 0.3) is 17.1 Å². The summed E-state index contributed by atoms with van der Waals surface area (Å²) in [5, 5.41) is 37.1. The largest absolute Gasteiger partial charge is 0.508 e. The molecule has 1 unspecified atom stereocenters. The molecule has 4 aromatic rings. The minimum Gasteiger partial charge on any atom is -0.508 e. The van der Waals surface area contributed by atoms with Gasteiger partial charge in [-0.2, -0.15) is 0 Å². The lowest BCUT2D eigenvalue weighted by atomic mass is 9.98. The average Bonchev–Trinajstić information content (AvgIpc) is 3.72. The first-order valence-corrected chi connectivity index (χ1v) is 17.4. The number of carbonyl (C=O) groups excluding carboxylic acids is 6. The van der Waals surface area contributed by atoms with E-state index in [9.17, 15) is 39.0 Å². The van der Waals surface area contributed by atoms with E-state index >= 15 is 0 Å². The average molecular weight is 739 g/mol. The molecule has 1 atom stereocenters. The Morgan fingerprint density at radius 3 is 2.35 bits per heavy atom. The van der Waals surface area contributed by atoms with Crippen molar-refractivity contribution in [1.82, 2.24) is 35.2 Å². The molecule has 0 fully saturated rings. The van der Waals surface area contributed by atoms with Crippen molar-refractivity contribution in [1.29, 1.82) is 0 Å². The smallest absolute Gasteiger partial charge is 0.289 e. The van der Waals surface area contributed by atoms with Gasteiger partial charge in [0.15, 0.2) is 5.82 Å². The highest BCUT2D eigenvalue weighted by molar-refractivity contribution is 6.05. The number of phenols is 2. The van der Waals surface area contributed by atoms with Gasteiger partial charge in [0.05, 0.1) is 12.1 Å². The lowest BCUT2D eigenvalue weighted by Gasteiger charge is -2.25. The van der Waals surface area contributed by atoms with Crippen LogP contribution in [0.2, 0.25) is 0 Å². The van der Waals surface area contributed by atoms with Crippen LogP contribution < -0.4 is 16.0 Å². The SMILES string of the molecule is CCCC(C(=O)NC=O)N1Cc2c(NC(=O)CN(C)C(=O)c3ccc(-n4c(C(=O)NCC)nnc4-c4cc(C(C)C)c(O)cc4O)cc3)cccc2C1=O. The normalized spacial score (nSPS) is 12.6. The molecule has 3 aromatic carbocycles. The molecule has 0 saturated carbocycles. The van der Waals surface area contributed by atoms with Gasteiger partial charge in [-0.05, 0) is 67.3 Å². The zero-order valence-electron chi connectivity index (χ0n) is 30.5. The molecule has 0 bridgehead atoms. The summed E-state index contributed by atoms with van der Waals surface area (Å²) in [6, 6.07) is 13.0. The van der Waals surface area contributed by atoms with Crippen LogP contribution in [0.4, 0.5) is 5.69 Å².